The van der Waals surface area contributed by atoms with E-state index in [-0.39, 0.29) is 11.8 Å². The van der Waals surface area contributed by atoms with Crippen LogP contribution in [0.2, 0.25) is 0 Å². The highest BCUT2D eigenvalue weighted by atomic mass is 16.4. The third kappa shape index (κ3) is 3.24. The molecule has 1 aromatic carbocycles. The van der Waals surface area contributed by atoms with Gasteiger partial charge in [0.1, 0.15) is 0 Å². The molecule has 20 heavy (non-hydrogen) atoms. The lowest BCUT2D eigenvalue weighted by molar-refractivity contribution is -0.136. The first-order valence-electron chi connectivity index (χ1n) is 7.23. The first kappa shape index (κ1) is 14.7. The van der Waals surface area contributed by atoms with Crippen molar-refractivity contribution in [3.05, 3.63) is 23.8 Å². The monoisotopic (exact) mass is 276 g/mol. The third-order valence-corrected chi connectivity index (χ3v) is 3.69. The molecule has 4 nitrogen and oxygen atoms in total. The summed E-state index contributed by atoms with van der Waals surface area (Å²) in [6.45, 7) is 9.02. The van der Waals surface area contributed by atoms with Crippen molar-refractivity contribution in [1.29, 1.82) is 0 Å². The zero-order valence-electron chi connectivity index (χ0n) is 12.6. The number of hydrogen-bond acceptors (Lipinski definition) is 3. The highest BCUT2D eigenvalue weighted by Gasteiger charge is 2.23. The van der Waals surface area contributed by atoms with Crippen LogP contribution in [0.3, 0.4) is 0 Å². The van der Waals surface area contributed by atoms with Gasteiger partial charge in [-0.15, -0.1) is 0 Å². The standard InChI is InChI=1S/C16H24N2O2/c1-16(2,3)12-6-4-7-13-15(12)17-9-5-10-18(13)11-8-14(19)20/h4,6-7,17H,5,8-11H2,1-3H3,(H,19,20). The summed E-state index contributed by atoms with van der Waals surface area (Å²) in [5.74, 6) is -0.740. The van der Waals surface area contributed by atoms with E-state index in [9.17, 15) is 4.79 Å². The molecule has 0 aliphatic carbocycles. The minimum atomic E-state index is -0.740. The second kappa shape index (κ2) is 5.73. The van der Waals surface area contributed by atoms with E-state index >= 15 is 0 Å². The van der Waals surface area contributed by atoms with Crippen LogP contribution >= 0.6 is 0 Å². The van der Waals surface area contributed by atoms with Gasteiger partial charge in [0, 0.05) is 19.6 Å². The van der Waals surface area contributed by atoms with Crippen molar-refractivity contribution in [3.8, 4) is 0 Å². The minimum absolute atomic E-state index is 0.0706. The van der Waals surface area contributed by atoms with Gasteiger partial charge >= 0.3 is 5.97 Å². The number of carbonyl (C=O) groups is 1. The van der Waals surface area contributed by atoms with Crippen LogP contribution in [0.25, 0.3) is 0 Å². The van der Waals surface area contributed by atoms with Crippen molar-refractivity contribution in [2.24, 2.45) is 0 Å². The second-order valence-corrected chi connectivity index (χ2v) is 6.36. The predicted molar refractivity (Wildman–Crippen MR) is 82.7 cm³/mol. The van der Waals surface area contributed by atoms with E-state index < -0.39 is 5.97 Å². The lowest BCUT2D eigenvalue weighted by Gasteiger charge is -2.28. The molecule has 110 valence electrons. The van der Waals surface area contributed by atoms with E-state index in [0.717, 1.165) is 25.2 Å². The molecule has 2 N–H and O–H groups in total. The molecule has 0 amide bonds. The van der Waals surface area contributed by atoms with E-state index in [1.54, 1.807) is 0 Å². The number of nitrogens with zero attached hydrogens (tertiary/aromatic N) is 1. The Morgan fingerprint density at radius 3 is 2.80 bits per heavy atom. The smallest absolute Gasteiger partial charge is 0.305 e. The fraction of sp³-hybridized carbons (Fsp3) is 0.562. The molecule has 1 aromatic rings. The number of aliphatic carboxylic acids is 1. The first-order valence-corrected chi connectivity index (χ1v) is 7.23. The van der Waals surface area contributed by atoms with E-state index in [1.807, 2.05) is 0 Å². The van der Waals surface area contributed by atoms with Crippen LogP contribution in [0.5, 0.6) is 0 Å². The molecule has 0 atom stereocenters. The van der Waals surface area contributed by atoms with E-state index in [1.165, 1.54) is 11.3 Å². The van der Waals surface area contributed by atoms with Crippen molar-refractivity contribution in [2.45, 2.75) is 39.0 Å². The highest BCUT2D eigenvalue weighted by molar-refractivity contribution is 5.76. The number of rotatable bonds is 3. The SMILES string of the molecule is CC(C)(C)c1cccc2c1NCCCN2CCC(=O)O. The molecule has 0 saturated heterocycles. The molecule has 1 heterocycles. The topological polar surface area (TPSA) is 52.6 Å². The van der Waals surface area contributed by atoms with Crippen molar-refractivity contribution in [2.75, 3.05) is 29.9 Å². The van der Waals surface area contributed by atoms with Gasteiger partial charge in [0.25, 0.3) is 0 Å². The fourth-order valence-corrected chi connectivity index (χ4v) is 2.68. The lowest BCUT2D eigenvalue weighted by Crippen LogP contribution is -2.27. The Morgan fingerprint density at radius 1 is 1.40 bits per heavy atom. The molecule has 0 bridgehead atoms. The maximum atomic E-state index is 10.8. The van der Waals surface area contributed by atoms with Crippen LogP contribution in [0, 0.1) is 0 Å². The van der Waals surface area contributed by atoms with Crippen LogP contribution in [-0.2, 0) is 10.2 Å². The summed E-state index contributed by atoms with van der Waals surface area (Å²) < 4.78 is 0. The molecule has 0 spiro atoms. The summed E-state index contributed by atoms with van der Waals surface area (Å²) in [5, 5.41) is 12.4. The average molecular weight is 276 g/mol. The van der Waals surface area contributed by atoms with Crippen molar-refractivity contribution < 1.29 is 9.90 Å². The Labute approximate surface area is 120 Å². The summed E-state index contributed by atoms with van der Waals surface area (Å²) in [7, 11) is 0. The zero-order chi connectivity index (χ0) is 14.8. The number of anilines is 2. The number of hydrogen-bond donors (Lipinski definition) is 2. The number of benzene rings is 1. The minimum Gasteiger partial charge on any atom is -0.481 e. The van der Waals surface area contributed by atoms with Crippen LogP contribution in [-0.4, -0.2) is 30.7 Å². The molecule has 0 aromatic heterocycles. The number of carboxylic acid groups (broad SMARTS) is 1. The third-order valence-electron chi connectivity index (χ3n) is 3.69. The first-order chi connectivity index (χ1) is 9.39. The van der Waals surface area contributed by atoms with Gasteiger partial charge in [-0.05, 0) is 23.5 Å². The van der Waals surface area contributed by atoms with Gasteiger partial charge in [-0.2, -0.15) is 0 Å². The number of para-hydroxylation sites is 1. The van der Waals surface area contributed by atoms with Crippen LogP contribution in [0.4, 0.5) is 11.4 Å². The molecular formula is C16H24N2O2. The number of nitrogens with one attached hydrogen (secondary N) is 1. The zero-order valence-corrected chi connectivity index (χ0v) is 12.6. The molecule has 1 aliphatic heterocycles. The maximum Gasteiger partial charge on any atom is 0.305 e. The van der Waals surface area contributed by atoms with Gasteiger partial charge < -0.3 is 15.3 Å². The average Bonchev–Trinajstić information content (AvgIpc) is 2.56. The Morgan fingerprint density at radius 2 is 2.15 bits per heavy atom. The summed E-state index contributed by atoms with van der Waals surface area (Å²) >= 11 is 0. The molecule has 0 fully saturated rings. The molecule has 0 radical (unpaired) electrons. The van der Waals surface area contributed by atoms with Crippen molar-refractivity contribution in [3.63, 3.8) is 0 Å². The summed E-state index contributed by atoms with van der Waals surface area (Å²) in [6.07, 6.45) is 1.21. The Hall–Kier alpha value is -1.71. The summed E-state index contributed by atoms with van der Waals surface area (Å²) in [5.41, 5.74) is 3.66. The van der Waals surface area contributed by atoms with E-state index in [0.29, 0.717) is 6.54 Å². The van der Waals surface area contributed by atoms with Gasteiger partial charge in [0.2, 0.25) is 0 Å². The Kier molecular flexibility index (Phi) is 4.21. The van der Waals surface area contributed by atoms with Gasteiger partial charge in [-0.3, -0.25) is 4.79 Å². The summed E-state index contributed by atoms with van der Waals surface area (Å²) in [6, 6.07) is 6.32. The Bertz CT molecular complexity index is 492. The fourth-order valence-electron chi connectivity index (χ4n) is 2.68. The van der Waals surface area contributed by atoms with Crippen molar-refractivity contribution in [1.82, 2.24) is 0 Å². The molecule has 2 rings (SSSR count). The van der Waals surface area contributed by atoms with Crippen LogP contribution in [0.1, 0.15) is 39.2 Å². The van der Waals surface area contributed by atoms with Gasteiger partial charge in [0.15, 0.2) is 0 Å². The molecule has 0 saturated carbocycles. The van der Waals surface area contributed by atoms with E-state index in [4.69, 9.17) is 5.11 Å². The van der Waals surface area contributed by atoms with E-state index in [2.05, 4.69) is 49.2 Å². The lowest BCUT2D eigenvalue weighted by atomic mass is 9.85. The molecule has 0 unspecified atom stereocenters. The summed E-state index contributed by atoms with van der Waals surface area (Å²) in [4.78, 5) is 13.0. The Balaban J connectivity index is 2.37. The largest absolute Gasteiger partial charge is 0.481 e. The van der Waals surface area contributed by atoms with Gasteiger partial charge in [-0.25, -0.2) is 0 Å². The maximum absolute atomic E-state index is 10.8. The molecule has 1 aliphatic rings. The normalized spacial score (nSPS) is 15.2. The van der Waals surface area contributed by atoms with Gasteiger partial charge in [0.05, 0.1) is 17.8 Å². The van der Waals surface area contributed by atoms with Crippen molar-refractivity contribution >= 4 is 17.3 Å². The second-order valence-electron chi connectivity index (χ2n) is 6.36. The molecular weight excluding hydrogens is 252 g/mol. The van der Waals surface area contributed by atoms with Gasteiger partial charge in [-0.1, -0.05) is 32.9 Å². The molecule has 4 heteroatoms. The number of carboxylic acids is 1. The highest BCUT2D eigenvalue weighted by Crippen LogP contribution is 2.38. The quantitative estimate of drug-likeness (QED) is 0.891. The number of fused-ring (bicyclic) bond motifs is 1. The van der Waals surface area contributed by atoms with Crippen LogP contribution < -0.4 is 10.2 Å². The predicted octanol–water partition coefficient (Wildman–Crippen LogP) is 3.08. The van der Waals surface area contributed by atoms with Crippen LogP contribution in [0.15, 0.2) is 18.2 Å².